The van der Waals surface area contributed by atoms with Crippen LogP contribution in [0.3, 0.4) is 0 Å². The van der Waals surface area contributed by atoms with Gasteiger partial charge < -0.3 is 9.88 Å². The highest BCUT2D eigenvalue weighted by Gasteiger charge is 2.29. The lowest BCUT2D eigenvalue weighted by Gasteiger charge is -2.32. The molecule has 0 saturated heterocycles. The molecule has 0 bridgehead atoms. The number of halogens is 2. The second kappa shape index (κ2) is 9.99. The summed E-state index contributed by atoms with van der Waals surface area (Å²) in [4.78, 5) is 30.5. The molecule has 1 aliphatic rings. The van der Waals surface area contributed by atoms with Crippen LogP contribution in [0.25, 0.3) is 33.8 Å². The number of carbonyl (C=O) groups excluding carboxylic acids is 1. The van der Waals surface area contributed by atoms with Crippen LogP contribution in [-0.2, 0) is 0 Å². The van der Waals surface area contributed by atoms with E-state index in [9.17, 15) is 9.18 Å². The lowest BCUT2D eigenvalue weighted by Crippen LogP contribution is -2.39. The third-order valence-corrected chi connectivity index (χ3v) is 7.76. The predicted molar refractivity (Wildman–Crippen MR) is 142 cm³/mol. The van der Waals surface area contributed by atoms with Gasteiger partial charge in [-0.3, -0.25) is 4.79 Å². The zero-order valence-electron chi connectivity index (χ0n) is 19.6. The number of imidazole rings is 1. The fourth-order valence-electron chi connectivity index (χ4n) is 5.02. The van der Waals surface area contributed by atoms with Crippen LogP contribution >= 0.6 is 22.9 Å². The monoisotopic (exact) mass is 532 g/mol. The van der Waals surface area contributed by atoms with Crippen molar-refractivity contribution in [3.05, 3.63) is 82.3 Å². The van der Waals surface area contributed by atoms with Crippen molar-refractivity contribution in [2.45, 2.75) is 37.8 Å². The van der Waals surface area contributed by atoms with Crippen LogP contribution in [0.2, 0.25) is 4.34 Å². The number of hydrogen-bond donors (Lipinski definition) is 1. The van der Waals surface area contributed by atoms with E-state index < -0.39 is 0 Å². The number of benzene rings is 2. The predicted octanol–water partition coefficient (Wildman–Crippen LogP) is 6.32. The molecule has 5 aromatic rings. The second-order valence-electron chi connectivity index (χ2n) is 9.02. The molecule has 186 valence electrons. The van der Waals surface area contributed by atoms with Crippen molar-refractivity contribution in [1.82, 2.24) is 29.8 Å². The highest BCUT2D eigenvalue weighted by atomic mass is 35.5. The van der Waals surface area contributed by atoms with E-state index in [0.717, 1.165) is 47.2 Å². The summed E-state index contributed by atoms with van der Waals surface area (Å²) in [5.41, 5.74) is 2.95. The minimum atomic E-state index is -0.327. The number of fused-ring (bicyclic) bond motifs is 1. The zero-order chi connectivity index (χ0) is 25.4. The second-order valence-corrected chi connectivity index (χ2v) is 10.7. The maximum atomic E-state index is 15.0. The summed E-state index contributed by atoms with van der Waals surface area (Å²) >= 11 is 7.12. The van der Waals surface area contributed by atoms with E-state index in [1.54, 1.807) is 30.6 Å². The smallest absolute Gasteiger partial charge is 0.280 e. The van der Waals surface area contributed by atoms with Crippen molar-refractivity contribution in [2.24, 2.45) is 0 Å². The Hall–Kier alpha value is -3.69. The van der Waals surface area contributed by atoms with Crippen LogP contribution in [0.5, 0.6) is 0 Å². The van der Waals surface area contributed by atoms with Gasteiger partial charge in [-0.2, -0.15) is 0 Å². The van der Waals surface area contributed by atoms with Gasteiger partial charge in [0.25, 0.3) is 5.91 Å². The third kappa shape index (κ3) is 4.72. The highest BCUT2D eigenvalue weighted by molar-refractivity contribution is 7.17. The Kier molecular flexibility index (Phi) is 6.40. The van der Waals surface area contributed by atoms with Crippen molar-refractivity contribution in [3.63, 3.8) is 0 Å². The first-order chi connectivity index (χ1) is 18.1. The Labute approximate surface area is 221 Å². The van der Waals surface area contributed by atoms with Gasteiger partial charge in [-0.1, -0.05) is 35.1 Å². The van der Waals surface area contributed by atoms with Gasteiger partial charge >= 0.3 is 0 Å². The van der Waals surface area contributed by atoms with Crippen LogP contribution < -0.4 is 5.32 Å². The normalized spacial score (nSPS) is 17.7. The molecule has 1 saturated carbocycles. The highest BCUT2D eigenvalue weighted by Crippen LogP contribution is 2.38. The molecule has 3 heterocycles. The number of carbonyl (C=O) groups is 1. The molecule has 3 aromatic heterocycles. The molecular formula is C27H22ClFN6OS. The van der Waals surface area contributed by atoms with Crippen LogP contribution in [0.15, 0.2) is 67.1 Å². The molecule has 1 aliphatic carbocycles. The van der Waals surface area contributed by atoms with Gasteiger partial charge in [-0.15, -0.1) is 0 Å². The quantitative estimate of drug-likeness (QED) is 0.286. The van der Waals surface area contributed by atoms with Crippen LogP contribution in [0.1, 0.15) is 41.5 Å². The fraction of sp³-hybridized carbons (Fsp3) is 0.222. The summed E-state index contributed by atoms with van der Waals surface area (Å²) < 4.78 is 17.6. The van der Waals surface area contributed by atoms with Crippen LogP contribution in [0.4, 0.5) is 4.39 Å². The molecule has 1 fully saturated rings. The van der Waals surface area contributed by atoms with Gasteiger partial charge in [0.1, 0.15) is 16.0 Å². The van der Waals surface area contributed by atoms with Crippen molar-refractivity contribution >= 4 is 39.9 Å². The molecule has 1 amide bonds. The molecule has 2 unspecified atom stereocenters. The Balaban J connectivity index is 1.41. The van der Waals surface area contributed by atoms with E-state index in [1.165, 1.54) is 12.3 Å². The Bertz CT molecular complexity index is 1590. The van der Waals surface area contributed by atoms with Gasteiger partial charge in [-0.25, -0.2) is 24.3 Å². The number of hydrogen-bond acceptors (Lipinski definition) is 6. The van der Waals surface area contributed by atoms with Crippen LogP contribution in [-0.4, -0.2) is 36.5 Å². The molecular weight excluding hydrogens is 511 g/mol. The Morgan fingerprint density at radius 1 is 1.08 bits per heavy atom. The summed E-state index contributed by atoms with van der Waals surface area (Å²) in [5, 5.41) is 3.47. The number of amides is 1. The van der Waals surface area contributed by atoms with Gasteiger partial charge in [0.15, 0.2) is 10.8 Å². The average molecular weight is 533 g/mol. The summed E-state index contributed by atoms with van der Waals surface area (Å²) in [6, 6.07) is 14.3. The number of thiazole rings is 1. The number of nitrogens with one attached hydrogen (secondary N) is 1. The first kappa shape index (κ1) is 23.7. The van der Waals surface area contributed by atoms with Gasteiger partial charge in [0.05, 0.1) is 22.8 Å². The van der Waals surface area contributed by atoms with Gasteiger partial charge in [0.2, 0.25) is 0 Å². The van der Waals surface area contributed by atoms with E-state index >= 15 is 0 Å². The topological polar surface area (TPSA) is 85.6 Å². The molecule has 10 heteroatoms. The third-order valence-electron chi connectivity index (χ3n) is 6.65. The summed E-state index contributed by atoms with van der Waals surface area (Å²) in [5.74, 6) is 0.631. The standard InChI is InChI=1S/C27H22ClFN6OS/c28-23-15-32-27(37-23)26(36)33-17-5-3-6-18(14-17)35-22-13-16(24-30-11-4-12-31-24)9-10-21(22)34-25(35)19-7-1-2-8-20(19)29/h1-2,4,7-13,15,17-18H,3,5-6,14H2,(H,33,36). The Morgan fingerprint density at radius 2 is 1.92 bits per heavy atom. The molecule has 7 nitrogen and oxygen atoms in total. The summed E-state index contributed by atoms with van der Waals surface area (Å²) in [6.07, 6.45) is 8.23. The average Bonchev–Trinajstić information content (AvgIpc) is 3.53. The van der Waals surface area contributed by atoms with Gasteiger partial charge in [0, 0.05) is 30.0 Å². The van der Waals surface area contributed by atoms with E-state index in [4.69, 9.17) is 16.6 Å². The lowest BCUT2D eigenvalue weighted by molar-refractivity contribution is 0.0920. The fourth-order valence-corrected chi connectivity index (χ4v) is 5.83. The van der Waals surface area contributed by atoms with Gasteiger partial charge in [-0.05, 0) is 62.1 Å². The minimum absolute atomic E-state index is 0.00507. The van der Waals surface area contributed by atoms with Crippen molar-refractivity contribution in [3.8, 4) is 22.8 Å². The molecule has 2 atom stereocenters. The molecule has 0 spiro atoms. The van der Waals surface area contributed by atoms with E-state index in [-0.39, 0.29) is 23.8 Å². The molecule has 0 aliphatic heterocycles. The van der Waals surface area contributed by atoms with Crippen LogP contribution in [0, 0.1) is 5.82 Å². The maximum Gasteiger partial charge on any atom is 0.280 e. The molecule has 37 heavy (non-hydrogen) atoms. The number of rotatable bonds is 5. The first-order valence-electron chi connectivity index (χ1n) is 12.0. The minimum Gasteiger partial charge on any atom is -0.347 e. The van der Waals surface area contributed by atoms with E-state index in [1.807, 2.05) is 24.3 Å². The van der Waals surface area contributed by atoms with Crippen molar-refractivity contribution in [1.29, 1.82) is 0 Å². The molecule has 2 aromatic carbocycles. The first-order valence-corrected chi connectivity index (χ1v) is 13.2. The lowest BCUT2D eigenvalue weighted by atomic mass is 9.90. The molecule has 1 N–H and O–H groups in total. The van der Waals surface area contributed by atoms with Crippen molar-refractivity contribution < 1.29 is 9.18 Å². The molecule has 0 radical (unpaired) electrons. The Morgan fingerprint density at radius 3 is 2.70 bits per heavy atom. The summed E-state index contributed by atoms with van der Waals surface area (Å²) in [7, 11) is 0. The summed E-state index contributed by atoms with van der Waals surface area (Å²) in [6.45, 7) is 0. The van der Waals surface area contributed by atoms with E-state index in [2.05, 4.69) is 24.8 Å². The molecule has 6 rings (SSSR count). The van der Waals surface area contributed by atoms with Crippen molar-refractivity contribution in [2.75, 3.05) is 0 Å². The zero-order valence-corrected chi connectivity index (χ0v) is 21.2. The largest absolute Gasteiger partial charge is 0.347 e. The maximum absolute atomic E-state index is 15.0. The number of aromatic nitrogens is 5. The van der Waals surface area contributed by atoms with E-state index in [0.29, 0.717) is 33.0 Å². The SMILES string of the molecule is O=C(NC1CCCC(n2c(-c3ccccc3F)nc3ccc(-c4ncccn4)cc32)C1)c1ncc(Cl)s1. The number of nitrogens with zero attached hydrogens (tertiary/aromatic N) is 5.